The molecule has 39 heavy (non-hydrogen) atoms. The standard InChI is InChI=1S/C32H30F6O/c1-2-3-4-5-6-17-39-26-19-28(33)30(29(34)20-26)24-13-16-27-23(18-24)12-11-22(31(27)35)10-7-21-8-14-25(15-9-21)32(36,37)38/h8-9,11-16,18-20H,2-7,10,17H2,1H3. The lowest BCUT2D eigenvalue weighted by atomic mass is 9.96. The van der Waals surface area contributed by atoms with Crippen LogP contribution in [-0.2, 0) is 19.0 Å². The number of alkyl halides is 3. The number of fused-ring (bicyclic) bond motifs is 1. The highest BCUT2D eigenvalue weighted by molar-refractivity contribution is 5.88. The molecule has 0 spiro atoms. The van der Waals surface area contributed by atoms with E-state index in [4.69, 9.17) is 4.74 Å². The van der Waals surface area contributed by atoms with E-state index in [2.05, 4.69) is 6.92 Å². The van der Waals surface area contributed by atoms with Gasteiger partial charge in [-0.3, -0.25) is 0 Å². The van der Waals surface area contributed by atoms with Crippen LogP contribution in [0, 0.1) is 17.5 Å². The van der Waals surface area contributed by atoms with Crippen LogP contribution in [0.4, 0.5) is 26.3 Å². The summed E-state index contributed by atoms with van der Waals surface area (Å²) in [5.41, 5.74) is 0.405. The molecule has 0 N–H and O–H groups in total. The zero-order valence-electron chi connectivity index (χ0n) is 21.7. The highest BCUT2D eigenvalue weighted by Gasteiger charge is 2.29. The summed E-state index contributed by atoms with van der Waals surface area (Å²) in [5, 5.41) is 0.780. The number of halogens is 6. The minimum Gasteiger partial charge on any atom is -0.493 e. The Labute approximate surface area is 224 Å². The molecule has 1 nitrogen and oxygen atoms in total. The van der Waals surface area contributed by atoms with Crippen LogP contribution < -0.4 is 4.74 Å². The fourth-order valence-electron chi connectivity index (χ4n) is 4.63. The Kier molecular flexibility index (Phi) is 9.20. The Morgan fingerprint density at radius 1 is 0.718 bits per heavy atom. The molecule has 0 aliphatic heterocycles. The van der Waals surface area contributed by atoms with Crippen LogP contribution in [0.2, 0.25) is 0 Å². The molecule has 0 radical (unpaired) electrons. The van der Waals surface area contributed by atoms with Crippen LogP contribution in [0.15, 0.2) is 66.7 Å². The van der Waals surface area contributed by atoms with Crippen molar-refractivity contribution in [3.05, 3.63) is 101 Å². The third-order valence-electron chi connectivity index (χ3n) is 6.82. The van der Waals surface area contributed by atoms with Crippen molar-refractivity contribution in [3.8, 4) is 16.9 Å². The van der Waals surface area contributed by atoms with Crippen LogP contribution in [0.1, 0.15) is 55.7 Å². The lowest BCUT2D eigenvalue weighted by Crippen LogP contribution is -2.04. The second-order valence-electron chi connectivity index (χ2n) is 9.69. The molecule has 0 atom stereocenters. The summed E-state index contributed by atoms with van der Waals surface area (Å²) in [6.45, 7) is 2.52. The molecular formula is C32H30F6O. The molecule has 4 aromatic rings. The Balaban J connectivity index is 1.46. The van der Waals surface area contributed by atoms with Crippen molar-refractivity contribution in [2.24, 2.45) is 0 Å². The number of rotatable bonds is 11. The first kappa shape index (κ1) is 28.5. The van der Waals surface area contributed by atoms with Crippen LogP contribution in [0.25, 0.3) is 21.9 Å². The van der Waals surface area contributed by atoms with Gasteiger partial charge in [-0.15, -0.1) is 0 Å². The lowest BCUT2D eigenvalue weighted by Gasteiger charge is -2.12. The maximum absolute atomic E-state index is 15.2. The highest BCUT2D eigenvalue weighted by Crippen LogP contribution is 2.33. The van der Waals surface area contributed by atoms with Gasteiger partial charge < -0.3 is 4.74 Å². The molecule has 0 aliphatic carbocycles. The van der Waals surface area contributed by atoms with Crippen molar-refractivity contribution < 1.29 is 31.1 Å². The Bertz CT molecular complexity index is 1390. The third-order valence-corrected chi connectivity index (χ3v) is 6.82. The predicted octanol–water partition coefficient (Wildman–Crippen LogP) is 10.1. The summed E-state index contributed by atoms with van der Waals surface area (Å²) >= 11 is 0. The first-order chi connectivity index (χ1) is 18.7. The Morgan fingerprint density at radius 2 is 1.41 bits per heavy atom. The highest BCUT2D eigenvalue weighted by atomic mass is 19.4. The van der Waals surface area contributed by atoms with Crippen molar-refractivity contribution in [2.45, 2.75) is 58.0 Å². The van der Waals surface area contributed by atoms with Crippen LogP contribution >= 0.6 is 0 Å². The summed E-state index contributed by atoms with van der Waals surface area (Å²) in [6, 6.07) is 14.9. The molecule has 0 saturated heterocycles. The van der Waals surface area contributed by atoms with Crippen LogP contribution in [0.5, 0.6) is 5.75 Å². The van der Waals surface area contributed by atoms with E-state index in [1.807, 2.05) is 0 Å². The number of hydrogen-bond donors (Lipinski definition) is 0. The van der Waals surface area contributed by atoms with E-state index < -0.39 is 29.2 Å². The fourth-order valence-corrected chi connectivity index (χ4v) is 4.63. The Hall–Kier alpha value is -3.48. The number of hydrogen-bond acceptors (Lipinski definition) is 1. The van der Waals surface area contributed by atoms with E-state index in [0.29, 0.717) is 34.9 Å². The smallest absolute Gasteiger partial charge is 0.416 e. The summed E-state index contributed by atoms with van der Waals surface area (Å²) in [4.78, 5) is 0. The van der Waals surface area contributed by atoms with Crippen molar-refractivity contribution in [2.75, 3.05) is 6.61 Å². The van der Waals surface area contributed by atoms with Crippen molar-refractivity contribution in [1.82, 2.24) is 0 Å². The zero-order chi connectivity index (χ0) is 28.0. The van der Waals surface area contributed by atoms with E-state index in [1.54, 1.807) is 12.1 Å². The second-order valence-corrected chi connectivity index (χ2v) is 9.69. The molecule has 0 amide bonds. The quantitative estimate of drug-likeness (QED) is 0.135. The first-order valence-corrected chi connectivity index (χ1v) is 13.2. The van der Waals surface area contributed by atoms with Gasteiger partial charge >= 0.3 is 6.18 Å². The molecule has 0 bridgehead atoms. The van der Waals surface area contributed by atoms with Crippen molar-refractivity contribution in [3.63, 3.8) is 0 Å². The maximum atomic E-state index is 15.2. The molecule has 4 rings (SSSR count). The minimum atomic E-state index is -4.41. The molecule has 0 aromatic heterocycles. The van der Waals surface area contributed by atoms with Gasteiger partial charge in [0.2, 0.25) is 0 Å². The summed E-state index contributed by atoms with van der Waals surface area (Å²) in [6.07, 6.45) is 1.45. The van der Waals surface area contributed by atoms with E-state index in [1.165, 1.54) is 42.5 Å². The molecule has 0 heterocycles. The van der Waals surface area contributed by atoms with Crippen LogP contribution in [0.3, 0.4) is 0 Å². The number of unbranched alkanes of at least 4 members (excludes halogenated alkanes) is 4. The monoisotopic (exact) mass is 544 g/mol. The van der Waals surface area contributed by atoms with Gasteiger partial charge in [0, 0.05) is 17.5 Å². The molecule has 0 saturated carbocycles. The average molecular weight is 545 g/mol. The van der Waals surface area contributed by atoms with E-state index in [-0.39, 0.29) is 23.3 Å². The first-order valence-electron chi connectivity index (χ1n) is 13.2. The largest absolute Gasteiger partial charge is 0.493 e. The molecule has 4 aromatic carbocycles. The number of aryl methyl sites for hydroxylation is 2. The Morgan fingerprint density at radius 3 is 2.08 bits per heavy atom. The van der Waals surface area contributed by atoms with Gasteiger partial charge in [-0.2, -0.15) is 13.2 Å². The molecule has 0 fully saturated rings. The number of benzene rings is 4. The SMILES string of the molecule is CCCCCCCOc1cc(F)c(-c2ccc3c(F)c(CCc4ccc(C(F)(F)F)cc4)ccc3c2)c(F)c1. The molecule has 206 valence electrons. The topological polar surface area (TPSA) is 9.23 Å². The average Bonchev–Trinajstić information content (AvgIpc) is 2.90. The van der Waals surface area contributed by atoms with Crippen molar-refractivity contribution in [1.29, 1.82) is 0 Å². The van der Waals surface area contributed by atoms with Gasteiger partial charge in [0.05, 0.1) is 17.7 Å². The summed E-state index contributed by atoms with van der Waals surface area (Å²) in [5.74, 6) is -1.85. The predicted molar refractivity (Wildman–Crippen MR) is 142 cm³/mol. The van der Waals surface area contributed by atoms with Gasteiger partial charge in [-0.1, -0.05) is 69.0 Å². The molecule has 7 heteroatoms. The molecule has 0 aliphatic rings. The fraction of sp³-hybridized carbons (Fsp3) is 0.312. The molecule has 0 unspecified atom stereocenters. The normalized spacial score (nSPS) is 11.8. The van der Waals surface area contributed by atoms with Gasteiger partial charge in [-0.25, -0.2) is 13.2 Å². The third kappa shape index (κ3) is 7.14. The minimum absolute atomic E-state index is 0.133. The van der Waals surface area contributed by atoms with E-state index in [9.17, 15) is 22.0 Å². The summed E-state index contributed by atoms with van der Waals surface area (Å²) in [7, 11) is 0. The second kappa shape index (κ2) is 12.6. The summed E-state index contributed by atoms with van der Waals surface area (Å²) < 4.78 is 88.9. The van der Waals surface area contributed by atoms with Gasteiger partial charge in [0.1, 0.15) is 23.2 Å². The van der Waals surface area contributed by atoms with E-state index in [0.717, 1.165) is 44.2 Å². The van der Waals surface area contributed by atoms with E-state index >= 15 is 4.39 Å². The van der Waals surface area contributed by atoms with Crippen molar-refractivity contribution >= 4 is 10.8 Å². The van der Waals surface area contributed by atoms with Gasteiger partial charge in [0.15, 0.2) is 0 Å². The number of ether oxygens (including phenoxy) is 1. The van der Waals surface area contributed by atoms with Gasteiger partial charge in [-0.05, 0) is 59.5 Å². The molecular weight excluding hydrogens is 514 g/mol. The lowest BCUT2D eigenvalue weighted by molar-refractivity contribution is -0.137. The van der Waals surface area contributed by atoms with Crippen LogP contribution in [-0.4, -0.2) is 6.61 Å². The van der Waals surface area contributed by atoms with Gasteiger partial charge in [0.25, 0.3) is 0 Å². The zero-order valence-corrected chi connectivity index (χ0v) is 21.7. The maximum Gasteiger partial charge on any atom is 0.416 e.